The third-order valence-corrected chi connectivity index (χ3v) is 4.99. The molecule has 2 rings (SSSR count). The van der Waals surface area contributed by atoms with Crippen molar-refractivity contribution in [1.82, 2.24) is 9.80 Å². The van der Waals surface area contributed by atoms with Crippen LogP contribution in [0.15, 0.2) is 0 Å². The Morgan fingerprint density at radius 2 is 2.00 bits per heavy atom. The maximum absolute atomic E-state index is 6.06. The molecule has 0 aromatic rings. The molecule has 0 bridgehead atoms. The minimum absolute atomic E-state index is 0.366. The monoisotopic (exact) mass is 253 g/mol. The molecule has 3 heteroatoms. The van der Waals surface area contributed by atoms with Crippen molar-refractivity contribution in [3.05, 3.63) is 0 Å². The van der Waals surface area contributed by atoms with Gasteiger partial charge in [-0.2, -0.15) is 0 Å². The van der Waals surface area contributed by atoms with E-state index >= 15 is 0 Å². The summed E-state index contributed by atoms with van der Waals surface area (Å²) in [4.78, 5) is 5.22. The van der Waals surface area contributed by atoms with Crippen LogP contribution >= 0.6 is 0 Å². The van der Waals surface area contributed by atoms with Crippen molar-refractivity contribution in [1.29, 1.82) is 0 Å². The highest BCUT2D eigenvalue weighted by molar-refractivity contribution is 4.80. The lowest BCUT2D eigenvalue weighted by Gasteiger charge is -2.37. The Hall–Kier alpha value is -0.120. The lowest BCUT2D eigenvalue weighted by molar-refractivity contribution is 0.123. The van der Waals surface area contributed by atoms with Crippen molar-refractivity contribution in [2.75, 3.05) is 33.2 Å². The molecule has 2 aliphatic rings. The highest BCUT2D eigenvalue weighted by Gasteiger charge is 2.24. The summed E-state index contributed by atoms with van der Waals surface area (Å²) in [6.07, 6.45) is 8.24. The molecule has 0 aromatic carbocycles. The van der Waals surface area contributed by atoms with Crippen LogP contribution in [0.3, 0.4) is 0 Å². The molecule has 0 aliphatic carbocycles. The molecule has 2 fully saturated rings. The minimum Gasteiger partial charge on any atom is -0.328 e. The normalized spacial score (nSPS) is 33.5. The van der Waals surface area contributed by atoms with Crippen LogP contribution in [0.25, 0.3) is 0 Å². The molecule has 2 aliphatic heterocycles. The van der Waals surface area contributed by atoms with Crippen LogP contribution in [0.4, 0.5) is 0 Å². The Labute approximate surface area is 113 Å². The molecule has 2 heterocycles. The highest BCUT2D eigenvalue weighted by atomic mass is 15.2. The topological polar surface area (TPSA) is 32.5 Å². The first kappa shape index (κ1) is 14.3. The van der Waals surface area contributed by atoms with Gasteiger partial charge in [-0.15, -0.1) is 0 Å². The number of likely N-dealkylation sites (tertiary alicyclic amines) is 2. The Kier molecular flexibility index (Phi) is 5.46. The summed E-state index contributed by atoms with van der Waals surface area (Å²) in [7, 11) is 2.30. The average Bonchev–Trinajstić information content (AvgIpc) is 2.38. The standard InChI is InChI=1S/C15H31N3/c1-13(16)14-6-5-10-18(12-14)11-8-15-7-3-4-9-17(15)2/h13-15H,3-12,16H2,1-2H3. The van der Waals surface area contributed by atoms with Crippen LogP contribution in [0.1, 0.15) is 45.4 Å². The minimum atomic E-state index is 0.366. The van der Waals surface area contributed by atoms with Gasteiger partial charge in [-0.05, 0) is 71.6 Å². The molecule has 2 saturated heterocycles. The smallest absolute Gasteiger partial charge is 0.0104 e. The van der Waals surface area contributed by atoms with Crippen LogP contribution in [0, 0.1) is 5.92 Å². The van der Waals surface area contributed by atoms with Crippen molar-refractivity contribution >= 4 is 0 Å². The second-order valence-electron chi connectivity index (χ2n) is 6.48. The number of nitrogens with zero attached hydrogens (tertiary/aromatic N) is 2. The zero-order valence-electron chi connectivity index (χ0n) is 12.3. The van der Waals surface area contributed by atoms with Crippen LogP contribution in [-0.4, -0.2) is 55.1 Å². The van der Waals surface area contributed by atoms with Crippen molar-refractivity contribution in [2.24, 2.45) is 11.7 Å². The fourth-order valence-electron chi connectivity index (χ4n) is 3.56. The van der Waals surface area contributed by atoms with E-state index in [0.29, 0.717) is 6.04 Å². The van der Waals surface area contributed by atoms with Crippen molar-refractivity contribution in [3.63, 3.8) is 0 Å². The zero-order valence-corrected chi connectivity index (χ0v) is 12.3. The molecule has 2 N–H and O–H groups in total. The van der Waals surface area contributed by atoms with Crippen LogP contribution in [0.2, 0.25) is 0 Å². The molecule has 0 aromatic heterocycles. The van der Waals surface area contributed by atoms with Gasteiger partial charge in [0.1, 0.15) is 0 Å². The van der Waals surface area contributed by atoms with Gasteiger partial charge in [-0.1, -0.05) is 6.42 Å². The summed E-state index contributed by atoms with van der Waals surface area (Å²) in [6.45, 7) is 7.27. The molecule has 0 spiro atoms. The molecule has 3 unspecified atom stereocenters. The van der Waals surface area contributed by atoms with Gasteiger partial charge in [0.25, 0.3) is 0 Å². The van der Waals surface area contributed by atoms with E-state index in [1.807, 2.05) is 0 Å². The van der Waals surface area contributed by atoms with Crippen LogP contribution in [-0.2, 0) is 0 Å². The average molecular weight is 253 g/mol. The van der Waals surface area contributed by atoms with Crippen LogP contribution < -0.4 is 5.73 Å². The molecule has 0 radical (unpaired) electrons. The summed E-state index contributed by atoms with van der Waals surface area (Å²) < 4.78 is 0. The molecular formula is C15H31N3. The fraction of sp³-hybridized carbons (Fsp3) is 1.00. The van der Waals surface area contributed by atoms with Gasteiger partial charge in [-0.3, -0.25) is 0 Å². The van der Waals surface area contributed by atoms with Gasteiger partial charge in [0.15, 0.2) is 0 Å². The lowest BCUT2D eigenvalue weighted by atomic mass is 9.91. The second kappa shape index (κ2) is 6.88. The van der Waals surface area contributed by atoms with Gasteiger partial charge >= 0.3 is 0 Å². The van der Waals surface area contributed by atoms with E-state index in [1.165, 1.54) is 64.7 Å². The highest BCUT2D eigenvalue weighted by Crippen LogP contribution is 2.21. The summed E-state index contributed by atoms with van der Waals surface area (Å²) >= 11 is 0. The van der Waals surface area contributed by atoms with E-state index < -0.39 is 0 Å². The zero-order chi connectivity index (χ0) is 13.0. The number of rotatable bonds is 4. The molecule has 18 heavy (non-hydrogen) atoms. The Morgan fingerprint density at radius 3 is 2.72 bits per heavy atom. The third kappa shape index (κ3) is 3.94. The first-order chi connectivity index (χ1) is 8.66. The molecule has 3 nitrogen and oxygen atoms in total. The maximum Gasteiger partial charge on any atom is 0.0104 e. The van der Waals surface area contributed by atoms with Gasteiger partial charge in [0.2, 0.25) is 0 Å². The number of piperidine rings is 2. The second-order valence-corrected chi connectivity index (χ2v) is 6.48. The van der Waals surface area contributed by atoms with E-state index in [-0.39, 0.29) is 0 Å². The Bertz CT molecular complexity index is 242. The van der Waals surface area contributed by atoms with E-state index in [2.05, 4.69) is 23.8 Å². The Morgan fingerprint density at radius 1 is 1.17 bits per heavy atom. The van der Waals surface area contributed by atoms with Gasteiger partial charge < -0.3 is 15.5 Å². The number of hydrogen-bond donors (Lipinski definition) is 1. The number of nitrogens with two attached hydrogens (primary N) is 1. The summed E-state index contributed by atoms with van der Waals surface area (Å²) in [5.41, 5.74) is 6.06. The van der Waals surface area contributed by atoms with E-state index in [1.54, 1.807) is 0 Å². The fourth-order valence-corrected chi connectivity index (χ4v) is 3.56. The Balaban J connectivity index is 1.72. The van der Waals surface area contributed by atoms with Gasteiger partial charge in [0, 0.05) is 18.6 Å². The van der Waals surface area contributed by atoms with E-state index in [0.717, 1.165) is 12.0 Å². The lowest BCUT2D eigenvalue weighted by Crippen LogP contribution is -2.44. The number of hydrogen-bond acceptors (Lipinski definition) is 3. The molecule has 0 amide bonds. The van der Waals surface area contributed by atoms with E-state index in [9.17, 15) is 0 Å². The van der Waals surface area contributed by atoms with E-state index in [4.69, 9.17) is 5.73 Å². The molecule has 106 valence electrons. The first-order valence-electron chi connectivity index (χ1n) is 7.85. The predicted octanol–water partition coefficient (Wildman–Crippen LogP) is 1.92. The van der Waals surface area contributed by atoms with Crippen molar-refractivity contribution in [2.45, 2.75) is 57.5 Å². The summed E-state index contributed by atoms with van der Waals surface area (Å²) in [6, 6.07) is 1.19. The quantitative estimate of drug-likeness (QED) is 0.831. The molecule has 3 atom stereocenters. The van der Waals surface area contributed by atoms with Crippen molar-refractivity contribution in [3.8, 4) is 0 Å². The van der Waals surface area contributed by atoms with Gasteiger partial charge in [-0.25, -0.2) is 0 Å². The van der Waals surface area contributed by atoms with Crippen molar-refractivity contribution < 1.29 is 0 Å². The largest absolute Gasteiger partial charge is 0.328 e. The summed E-state index contributed by atoms with van der Waals surface area (Å²) in [5.74, 6) is 0.725. The predicted molar refractivity (Wildman–Crippen MR) is 77.7 cm³/mol. The maximum atomic E-state index is 6.06. The summed E-state index contributed by atoms with van der Waals surface area (Å²) in [5, 5.41) is 0. The third-order valence-electron chi connectivity index (χ3n) is 4.99. The SMILES string of the molecule is CC(N)C1CCCN(CCC2CCCCN2C)C1. The molecule has 0 saturated carbocycles. The van der Waals surface area contributed by atoms with Gasteiger partial charge in [0.05, 0.1) is 0 Å². The van der Waals surface area contributed by atoms with Crippen LogP contribution in [0.5, 0.6) is 0 Å². The molecular weight excluding hydrogens is 222 g/mol. The first-order valence-corrected chi connectivity index (χ1v) is 7.85.